The van der Waals surface area contributed by atoms with Gasteiger partial charge in [-0.25, -0.2) is 13.4 Å². The van der Waals surface area contributed by atoms with Crippen LogP contribution < -0.4 is 5.32 Å². The monoisotopic (exact) mass is 286 g/mol. The second-order valence-corrected chi connectivity index (χ2v) is 8.57. The second-order valence-electron chi connectivity index (χ2n) is 5.53. The van der Waals surface area contributed by atoms with E-state index >= 15 is 0 Å². The van der Waals surface area contributed by atoms with Crippen molar-refractivity contribution < 1.29 is 8.42 Å². The molecule has 0 bridgehead atoms. The highest BCUT2D eigenvalue weighted by Gasteiger charge is 2.22. The highest BCUT2D eigenvalue weighted by molar-refractivity contribution is 7.94. The van der Waals surface area contributed by atoms with Crippen LogP contribution in [0, 0.1) is 0 Å². The Morgan fingerprint density at radius 2 is 2.22 bits per heavy atom. The van der Waals surface area contributed by atoms with Crippen LogP contribution in [0.15, 0.2) is 17.7 Å². The molecule has 1 aromatic rings. The third-order valence-electron chi connectivity index (χ3n) is 2.66. The van der Waals surface area contributed by atoms with Crippen LogP contribution in [0.25, 0.3) is 0 Å². The van der Waals surface area contributed by atoms with Gasteiger partial charge in [0.25, 0.3) is 0 Å². The third-order valence-corrected chi connectivity index (χ3v) is 5.48. The van der Waals surface area contributed by atoms with Crippen molar-refractivity contribution in [3.63, 3.8) is 0 Å². The summed E-state index contributed by atoms with van der Waals surface area (Å²) in [6.07, 6.45) is 3.58. The summed E-state index contributed by atoms with van der Waals surface area (Å²) >= 11 is 1.68. The van der Waals surface area contributed by atoms with Gasteiger partial charge in [-0.2, -0.15) is 0 Å². The van der Waals surface area contributed by atoms with Crippen molar-refractivity contribution in [2.75, 3.05) is 5.75 Å². The lowest BCUT2D eigenvalue weighted by Crippen LogP contribution is -2.29. The molecular formula is C12H18N2O2S2. The lowest BCUT2D eigenvalue weighted by molar-refractivity contribution is 0.585. The van der Waals surface area contributed by atoms with Gasteiger partial charge >= 0.3 is 0 Å². The zero-order chi connectivity index (χ0) is 13.4. The van der Waals surface area contributed by atoms with E-state index in [9.17, 15) is 8.42 Å². The first-order valence-corrected chi connectivity index (χ1v) is 8.39. The van der Waals surface area contributed by atoms with Crippen LogP contribution >= 0.6 is 11.3 Å². The van der Waals surface area contributed by atoms with Crippen LogP contribution in [0.5, 0.6) is 0 Å². The fourth-order valence-electron chi connectivity index (χ4n) is 1.67. The van der Waals surface area contributed by atoms with Crippen molar-refractivity contribution in [2.45, 2.75) is 38.8 Å². The van der Waals surface area contributed by atoms with E-state index in [1.165, 1.54) is 5.41 Å². The van der Waals surface area contributed by atoms with Gasteiger partial charge in [-0.05, 0) is 0 Å². The van der Waals surface area contributed by atoms with Crippen molar-refractivity contribution in [1.29, 1.82) is 0 Å². The predicted molar refractivity (Wildman–Crippen MR) is 74.4 cm³/mol. The van der Waals surface area contributed by atoms with Gasteiger partial charge in [0.2, 0.25) is 0 Å². The molecule has 1 atom stereocenters. The van der Waals surface area contributed by atoms with Crippen LogP contribution in [0.2, 0.25) is 0 Å². The van der Waals surface area contributed by atoms with Crippen molar-refractivity contribution in [3.8, 4) is 0 Å². The van der Waals surface area contributed by atoms with E-state index in [2.05, 4.69) is 31.1 Å². The zero-order valence-corrected chi connectivity index (χ0v) is 12.4. The molecular weight excluding hydrogens is 268 g/mol. The summed E-state index contributed by atoms with van der Waals surface area (Å²) < 4.78 is 22.5. The first-order valence-electron chi connectivity index (χ1n) is 5.86. The molecule has 0 radical (unpaired) electrons. The van der Waals surface area contributed by atoms with Gasteiger partial charge in [-0.3, -0.25) is 0 Å². The number of nitrogens with zero attached hydrogens (tertiary/aromatic N) is 1. The first kappa shape index (κ1) is 13.7. The van der Waals surface area contributed by atoms with E-state index in [1.54, 1.807) is 17.4 Å². The number of hydrogen-bond acceptors (Lipinski definition) is 5. The zero-order valence-electron chi connectivity index (χ0n) is 10.8. The molecule has 1 aliphatic rings. The number of thiazole rings is 1. The van der Waals surface area contributed by atoms with E-state index in [1.807, 2.05) is 6.20 Å². The molecule has 1 aromatic heterocycles. The molecule has 2 rings (SSSR count). The maximum atomic E-state index is 11.3. The fourth-order valence-corrected chi connectivity index (χ4v) is 3.86. The fraction of sp³-hybridized carbons (Fsp3) is 0.583. The Balaban J connectivity index is 1.92. The molecule has 0 aliphatic carbocycles. The van der Waals surface area contributed by atoms with Gasteiger partial charge in [0.05, 0.1) is 10.8 Å². The van der Waals surface area contributed by atoms with Crippen molar-refractivity contribution in [2.24, 2.45) is 0 Å². The van der Waals surface area contributed by atoms with Gasteiger partial charge in [0.15, 0.2) is 9.84 Å². The van der Waals surface area contributed by atoms with E-state index in [4.69, 9.17) is 0 Å². The van der Waals surface area contributed by atoms with E-state index < -0.39 is 9.84 Å². The molecule has 0 aromatic carbocycles. The quantitative estimate of drug-likeness (QED) is 0.921. The Hall–Kier alpha value is -0.720. The lowest BCUT2D eigenvalue weighted by atomic mass is 9.98. The molecule has 0 saturated carbocycles. The lowest BCUT2D eigenvalue weighted by Gasteiger charge is -2.13. The Kier molecular flexibility index (Phi) is 3.62. The molecule has 0 fully saturated rings. The summed E-state index contributed by atoms with van der Waals surface area (Å²) in [5, 5.41) is 5.62. The summed E-state index contributed by atoms with van der Waals surface area (Å²) in [5.74, 6) is 0.165. The molecule has 0 spiro atoms. The van der Waals surface area contributed by atoms with E-state index in [-0.39, 0.29) is 17.2 Å². The summed E-state index contributed by atoms with van der Waals surface area (Å²) in [6, 6.07) is -0.0739. The molecule has 4 nitrogen and oxygen atoms in total. The summed E-state index contributed by atoms with van der Waals surface area (Å²) in [4.78, 5) is 5.54. The summed E-state index contributed by atoms with van der Waals surface area (Å²) in [6.45, 7) is 7.07. The van der Waals surface area contributed by atoms with Crippen LogP contribution in [-0.4, -0.2) is 25.2 Å². The highest BCUT2D eigenvalue weighted by Crippen LogP contribution is 2.26. The normalized spacial score (nSPS) is 22.5. The van der Waals surface area contributed by atoms with Gasteiger partial charge in [-0.1, -0.05) is 26.8 Å². The Morgan fingerprint density at radius 1 is 1.50 bits per heavy atom. The van der Waals surface area contributed by atoms with Gasteiger partial charge in [0, 0.05) is 34.5 Å². The smallest absolute Gasteiger partial charge is 0.173 e. The van der Waals surface area contributed by atoms with Crippen molar-refractivity contribution in [1.82, 2.24) is 10.3 Å². The minimum atomic E-state index is -2.97. The van der Waals surface area contributed by atoms with Gasteiger partial charge in [-0.15, -0.1) is 11.3 Å². The Bertz CT molecular complexity index is 553. The summed E-state index contributed by atoms with van der Waals surface area (Å²) in [7, 11) is -2.97. The minimum absolute atomic E-state index is 0.0690. The average Bonchev–Trinajstić information content (AvgIpc) is 2.80. The summed E-state index contributed by atoms with van der Waals surface area (Å²) in [5.41, 5.74) is 0.0690. The largest absolute Gasteiger partial charge is 0.305 e. The highest BCUT2D eigenvalue weighted by atomic mass is 32.2. The second kappa shape index (κ2) is 4.75. The number of aromatic nitrogens is 1. The average molecular weight is 286 g/mol. The number of hydrogen-bond donors (Lipinski definition) is 1. The van der Waals surface area contributed by atoms with Crippen LogP contribution in [0.1, 0.15) is 30.7 Å². The SMILES string of the molecule is CC(C)(C)c1ncc(CNC2C=CS(=O)(=O)C2)s1. The maximum absolute atomic E-state index is 11.3. The molecule has 0 saturated heterocycles. The van der Waals surface area contributed by atoms with Crippen molar-refractivity contribution >= 4 is 21.2 Å². The molecule has 18 heavy (non-hydrogen) atoms. The van der Waals surface area contributed by atoms with Gasteiger partial charge in [0.1, 0.15) is 0 Å². The Morgan fingerprint density at radius 3 is 2.72 bits per heavy atom. The van der Waals surface area contributed by atoms with Crippen LogP contribution in [-0.2, 0) is 21.8 Å². The van der Waals surface area contributed by atoms with E-state index in [0.717, 1.165) is 9.88 Å². The van der Waals surface area contributed by atoms with Gasteiger partial charge < -0.3 is 5.32 Å². The molecule has 1 unspecified atom stereocenters. The molecule has 0 amide bonds. The first-order chi connectivity index (χ1) is 8.26. The molecule has 100 valence electrons. The topological polar surface area (TPSA) is 59.1 Å². The molecule has 6 heteroatoms. The minimum Gasteiger partial charge on any atom is -0.305 e. The maximum Gasteiger partial charge on any atom is 0.173 e. The number of nitrogens with one attached hydrogen (secondary N) is 1. The number of sulfone groups is 1. The Labute approximate surface area is 112 Å². The third kappa shape index (κ3) is 3.40. The molecule has 1 N–H and O–H groups in total. The van der Waals surface area contributed by atoms with Crippen molar-refractivity contribution in [3.05, 3.63) is 27.6 Å². The van der Waals surface area contributed by atoms with Crippen LogP contribution in [0.3, 0.4) is 0 Å². The molecule has 2 heterocycles. The standard InChI is InChI=1S/C12H18N2O2S2/c1-12(2,3)11-14-7-10(17-11)6-13-9-4-5-18(15,16)8-9/h4-5,7,9,13H,6,8H2,1-3H3. The predicted octanol–water partition coefficient (Wildman–Crippen LogP) is 1.84. The number of rotatable bonds is 3. The molecule has 1 aliphatic heterocycles. The van der Waals surface area contributed by atoms with Crippen LogP contribution in [0.4, 0.5) is 0 Å². The van der Waals surface area contributed by atoms with E-state index in [0.29, 0.717) is 6.54 Å².